The summed E-state index contributed by atoms with van der Waals surface area (Å²) in [6, 6.07) is 21.1. The van der Waals surface area contributed by atoms with Crippen LogP contribution in [0.3, 0.4) is 0 Å². The fraction of sp³-hybridized carbons (Fsp3) is 0.222. The average Bonchev–Trinajstić information content (AvgIpc) is 2.48. The van der Waals surface area contributed by atoms with Crippen molar-refractivity contribution in [3.63, 3.8) is 0 Å². The monoisotopic (exact) mass is 251 g/mol. The molecule has 1 heteroatoms. The molecule has 0 heterocycles. The van der Waals surface area contributed by atoms with Gasteiger partial charge in [-0.05, 0) is 17.7 Å². The first-order chi connectivity index (χ1) is 9.38. The molecule has 0 aliphatic carbocycles. The van der Waals surface area contributed by atoms with E-state index < -0.39 is 0 Å². The van der Waals surface area contributed by atoms with Gasteiger partial charge in [0.05, 0.1) is 0 Å². The molecule has 19 heavy (non-hydrogen) atoms. The van der Waals surface area contributed by atoms with E-state index in [9.17, 15) is 0 Å². The van der Waals surface area contributed by atoms with Gasteiger partial charge in [0.15, 0.2) is 0 Å². The van der Waals surface area contributed by atoms with E-state index in [2.05, 4.69) is 78.6 Å². The fourth-order valence-corrected chi connectivity index (χ4v) is 2.05. The zero-order chi connectivity index (χ0) is 13.3. The molecule has 0 spiro atoms. The highest BCUT2D eigenvalue weighted by Gasteiger charge is 2.00. The molecule has 98 valence electrons. The summed E-state index contributed by atoms with van der Waals surface area (Å²) in [5.41, 5.74) is 2.63. The third-order valence-electron chi connectivity index (χ3n) is 3.17. The molecule has 0 radical (unpaired) electrons. The molecule has 0 aliphatic rings. The normalized spacial score (nSPS) is 11.3. The first-order valence-electron chi connectivity index (χ1n) is 6.86. The Morgan fingerprint density at radius 1 is 0.895 bits per heavy atom. The van der Waals surface area contributed by atoms with Crippen LogP contribution in [0.25, 0.3) is 6.08 Å². The van der Waals surface area contributed by atoms with Gasteiger partial charge in [-0.3, -0.25) is 4.90 Å². The first-order valence-corrected chi connectivity index (χ1v) is 6.86. The van der Waals surface area contributed by atoms with Crippen molar-refractivity contribution in [3.8, 4) is 0 Å². The molecule has 0 unspecified atom stereocenters. The van der Waals surface area contributed by atoms with Crippen molar-refractivity contribution >= 4 is 6.08 Å². The summed E-state index contributed by atoms with van der Waals surface area (Å²) < 4.78 is 0. The highest BCUT2D eigenvalue weighted by molar-refractivity contribution is 5.48. The lowest BCUT2D eigenvalue weighted by molar-refractivity contribution is 0.311. The van der Waals surface area contributed by atoms with Crippen molar-refractivity contribution in [1.82, 2.24) is 4.90 Å². The summed E-state index contributed by atoms with van der Waals surface area (Å²) in [6.45, 7) is 5.27. The Hall–Kier alpha value is -1.86. The number of benzene rings is 2. The molecule has 0 bridgehead atoms. The smallest absolute Gasteiger partial charge is 0.0236 e. The van der Waals surface area contributed by atoms with Crippen LogP contribution >= 0.6 is 0 Å². The van der Waals surface area contributed by atoms with Gasteiger partial charge in [0.1, 0.15) is 0 Å². The minimum absolute atomic E-state index is 0.986. The first kappa shape index (κ1) is 13.6. The van der Waals surface area contributed by atoms with Gasteiger partial charge in [-0.15, -0.1) is 0 Å². The van der Waals surface area contributed by atoms with E-state index in [1.807, 2.05) is 6.07 Å². The van der Waals surface area contributed by atoms with Crippen molar-refractivity contribution < 1.29 is 0 Å². The fourth-order valence-electron chi connectivity index (χ4n) is 2.05. The third-order valence-corrected chi connectivity index (χ3v) is 3.17. The molecule has 0 N–H and O–H groups in total. The van der Waals surface area contributed by atoms with Crippen molar-refractivity contribution in [1.29, 1.82) is 0 Å². The molecular formula is C18H21N. The second-order valence-corrected chi connectivity index (χ2v) is 4.63. The maximum absolute atomic E-state index is 2.43. The van der Waals surface area contributed by atoms with Crippen molar-refractivity contribution in [3.05, 3.63) is 77.9 Å². The third kappa shape index (κ3) is 4.72. The number of hydrogen-bond acceptors (Lipinski definition) is 1. The molecule has 2 aromatic carbocycles. The van der Waals surface area contributed by atoms with Crippen LogP contribution in [0, 0.1) is 0 Å². The Kier molecular flexibility index (Phi) is 5.39. The van der Waals surface area contributed by atoms with Crippen molar-refractivity contribution in [2.24, 2.45) is 0 Å². The lowest BCUT2D eigenvalue weighted by Gasteiger charge is -2.18. The topological polar surface area (TPSA) is 3.24 Å². The van der Waals surface area contributed by atoms with Crippen LogP contribution in [0.4, 0.5) is 0 Å². The maximum atomic E-state index is 2.43. The molecule has 0 saturated carbocycles. The molecular weight excluding hydrogens is 230 g/mol. The van der Waals surface area contributed by atoms with Gasteiger partial charge in [0.2, 0.25) is 0 Å². The summed E-state index contributed by atoms with van der Waals surface area (Å²) in [6.07, 6.45) is 4.43. The molecule has 0 atom stereocenters. The standard InChI is InChI=1S/C18H21N/c1-2-19(16-18-12-7-4-8-13-18)15-9-14-17-10-5-3-6-11-17/h3-14H,2,15-16H2,1H3/b14-9+. The maximum Gasteiger partial charge on any atom is 0.0236 e. The zero-order valence-corrected chi connectivity index (χ0v) is 11.5. The quantitative estimate of drug-likeness (QED) is 0.743. The molecule has 1 nitrogen and oxygen atoms in total. The molecule has 0 aliphatic heterocycles. The SMILES string of the molecule is CCN(C/C=C/c1ccccc1)Cc1ccccc1. The summed E-state index contributed by atoms with van der Waals surface area (Å²) in [5, 5.41) is 0. The Morgan fingerprint density at radius 3 is 2.16 bits per heavy atom. The minimum atomic E-state index is 0.986. The average molecular weight is 251 g/mol. The molecule has 0 aromatic heterocycles. The van der Waals surface area contributed by atoms with Crippen molar-refractivity contribution in [2.45, 2.75) is 13.5 Å². The van der Waals surface area contributed by atoms with Gasteiger partial charge >= 0.3 is 0 Å². The minimum Gasteiger partial charge on any atom is -0.296 e. The number of hydrogen-bond donors (Lipinski definition) is 0. The number of rotatable bonds is 6. The Labute approximate surface area is 116 Å². The molecule has 2 rings (SSSR count). The number of nitrogens with zero attached hydrogens (tertiary/aromatic N) is 1. The van der Waals surface area contributed by atoms with E-state index in [-0.39, 0.29) is 0 Å². The van der Waals surface area contributed by atoms with Crippen LogP contribution in [0.15, 0.2) is 66.7 Å². The van der Waals surface area contributed by atoms with Crippen LogP contribution in [0.1, 0.15) is 18.1 Å². The van der Waals surface area contributed by atoms with Gasteiger partial charge < -0.3 is 0 Å². The van der Waals surface area contributed by atoms with Gasteiger partial charge in [-0.1, -0.05) is 79.7 Å². The Balaban J connectivity index is 1.88. The molecule has 2 aromatic rings. The van der Waals surface area contributed by atoms with E-state index >= 15 is 0 Å². The van der Waals surface area contributed by atoms with Crippen LogP contribution < -0.4 is 0 Å². The predicted octanol–water partition coefficient (Wildman–Crippen LogP) is 4.22. The summed E-state index contributed by atoms with van der Waals surface area (Å²) in [4.78, 5) is 2.43. The molecule has 0 saturated heterocycles. The second-order valence-electron chi connectivity index (χ2n) is 4.63. The molecule has 0 amide bonds. The Morgan fingerprint density at radius 2 is 1.53 bits per heavy atom. The summed E-state index contributed by atoms with van der Waals surface area (Å²) in [5.74, 6) is 0. The van der Waals surface area contributed by atoms with Gasteiger partial charge in [0, 0.05) is 13.1 Å². The Bertz CT molecular complexity index is 488. The zero-order valence-electron chi connectivity index (χ0n) is 11.5. The van der Waals surface area contributed by atoms with Crippen LogP contribution in [-0.4, -0.2) is 18.0 Å². The van der Waals surface area contributed by atoms with E-state index in [1.54, 1.807) is 0 Å². The number of likely N-dealkylation sites (N-methyl/N-ethyl adjacent to an activating group) is 1. The second kappa shape index (κ2) is 7.55. The van der Waals surface area contributed by atoms with E-state index in [0.29, 0.717) is 0 Å². The lowest BCUT2D eigenvalue weighted by Crippen LogP contribution is -2.22. The van der Waals surface area contributed by atoms with Crippen LogP contribution in [0.5, 0.6) is 0 Å². The van der Waals surface area contributed by atoms with Crippen molar-refractivity contribution in [2.75, 3.05) is 13.1 Å². The highest BCUT2D eigenvalue weighted by Crippen LogP contribution is 2.05. The lowest BCUT2D eigenvalue weighted by atomic mass is 10.2. The van der Waals surface area contributed by atoms with E-state index in [1.165, 1.54) is 11.1 Å². The van der Waals surface area contributed by atoms with Gasteiger partial charge in [0.25, 0.3) is 0 Å². The largest absolute Gasteiger partial charge is 0.296 e. The predicted molar refractivity (Wildman–Crippen MR) is 82.9 cm³/mol. The van der Waals surface area contributed by atoms with Crippen LogP contribution in [0.2, 0.25) is 0 Å². The summed E-state index contributed by atoms with van der Waals surface area (Å²) in [7, 11) is 0. The van der Waals surface area contributed by atoms with E-state index in [0.717, 1.165) is 19.6 Å². The van der Waals surface area contributed by atoms with Gasteiger partial charge in [-0.2, -0.15) is 0 Å². The van der Waals surface area contributed by atoms with Gasteiger partial charge in [-0.25, -0.2) is 0 Å². The molecule has 0 fully saturated rings. The van der Waals surface area contributed by atoms with Crippen LogP contribution in [-0.2, 0) is 6.54 Å². The highest BCUT2D eigenvalue weighted by atomic mass is 15.1. The van der Waals surface area contributed by atoms with E-state index in [4.69, 9.17) is 0 Å². The summed E-state index contributed by atoms with van der Waals surface area (Å²) >= 11 is 0.